The molecule has 5 heteroatoms. The highest BCUT2D eigenvalue weighted by Gasteiger charge is 2.12. The van der Waals surface area contributed by atoms with Gasteiger partial charge in [-0.1, -0.05) is 36.4 Å². The Morgan fingerprint density at radius 1 is 0.750 bits per heavy atom. The maximum atomic E-state index is 12.3. The van der Waals surface area contributed by atoms with Gasteiger partial charge in [-0.05, 0) is 55.0 Å². The van der Waals surface area contributed by atoms with Gasteiger partial charge in [-0.15, -0.1) is 0 Å². The molecule has 3 rings (SSSR count). The minimum atomic E-state index is -0.518. The van der Waals surface area contributed by atoms with E-state index in [0.717, 1.165) is 5.56 Å². The van der Waals surface area contributed by atoms with Crippen LogP contribution in [0, 0.1) is 0 Å². The van der Waals surface area contributed by atoms with Gasteiger partial charge in [0.15, 0.2) is 0 Å². The molecular formula is C23H20O5. The van der Waals surface area contributed by atoms with Crippen LogP contribution in [0.2, 0.25) is 0 Å². The van der Waals surface area contributed by atoms with Gasteiger partial charge in [0, 0.05) is 0 Å². The van der Waals surface area contributed by atoms with E-state index in [4.69, 9.17) is 14.2 Å². The summed E-state index contributed by atoms with van der Waals surface area (Å²) >= 11 is 0. The van der Waals surface area contributed by atoms with Crippen molar-refractivity contribution in [1.29, 1.82) is 0 Å². The minimum Gasteiger partial charge on any atom is -0.489 e. The highest BCUT2D eigenvalue weighted by molar-refractivity contribution is 5.92. The lowest BCUT2D eigenvalue weighted by atomic mass is 10.2. The number of hydrogen-bond acceptors (Lipinski definition) is 5. The molecule has 0 heterocycles. The molecule has 0 amide bonds. The van der Waals surface area contributed by atoms with Crippen molar-refractivity contribution >= 4 is 11.9 Å². The van der Waals surface area contributed by atoms with Crippen molar-refractivity contribution in [2.45, 2.75) is 13.5 Å². The molecule has 0 aliphatic carbocycles. The number of ether oxygens (including phenoxy) is 3. The molecule has 0 unspecified atom stereocenters. The van der Waals surface area contributed by atoms with Crippen LogP contribution in [0.4, 0.5) is 0 Å². The molecule has 3 aromatic carbocycles. The van der Waals surface area contributed by atoms with Crippen LogP contribution in [0.5, 0.6) is 11.5 Å². The van der Waals surface area contributed by atoms with E-state index in [1.54, 1.807) is 49.4 Å². The number of benzene rings is 3. The third kappa shape index (κ3) is 5.20. The Bertz CT molecular complexity index is 933. The molecule has 0 bridgehead atoms. The second-order valence-corrected chi connectivity index (χ2v) is 5.94. The first-order chi connectivity index (χ1) is 13.7. The summed E-state index contributed by atoms with van der Waals surface area (Å²) in [6, 6.07) is 22.9. The fourth-order valence-corrected chi connectivity index (χ4v) is 2.50. The van der Waals surface area contributed by atoms with Crippen molar-refractivity contribution in [3.63, 3.8) is 0 Å². The van der Waals surface area contributed by atoms with Gasteiger partial charge in [-0.2, -0.15) is 0 Å². The Kier molecular flexibility index (Phi) is 6.41. The number of hydrogen-bond donors (Lipinski definition) is 0. The molecule has 3 aromatic rings. The van der Waals surface area contributed by atoms with Crippen LogP contribution in [0.25, 0.3) is 0 Å². The Labute approximate surface area is 163 Å². The monoisotopic (exact) mass is 376 g/mol. The molecule has 0 spiro atoms. The van der Waals surface area contributed by atoms with Crippen LogP contribution in [0.3, 0.4) is 0 Å². The largest absolute Gasteiger partial charge is 0.489 e. The van der Waals surface area contributed by atoms with Gasteiger partial charge >= 0.3 is 11.9 Å². The topological polar surface area (TPSA) is 61.8 Å². The average Bonchev–Trinajstić information content (AvgIpc) is 2.74. The van der Waals surface area contributed by atoms with E-state index in [0.29, 0.717) is 23.5 Å². The van der Waals surface area contributed by atoms with Gasteiger partial charge in [0.25, 0.3) is 0 Å². The molecule has 0 atom stereocenters. The van der Waals surface area contributed by atoms with Crippen molar-refractivity contribution in [1.82, 2.24) is 0 Å². The van der Waals surface area contributed by atoms with Crippen LogP contribution in [-0.2, 0) is 11.3 Å². The number of esters is 2. The van der Waals surface area contributed by atoms with Gasteiger partial charge in [-0.3, -0.25) is 0 Å². The minimum absolute atomic E-state index is 0.278. The lowest BCUT2D eigenvalue weighted by Gasteiger charge is -2.08. The Morgan fingerprint density at radius 2 is 1.50 bits per heavy atom. The first-order valence-electron chi connectivity index (χ1n) is 8.92. The molecule has 0 aromatic heterocycles. The molecule has 0 fully saturated rings. The molecular weight excluding hydrogens is 356 g/mol. The van der Waals surface area contributed by atoms with E-state index in [2.05, 4.69) is 0 Å². The molecule has 142 valence electrons. The van der Waals surface area contributed by atoms with Crippen LogP contribution >= 0.6 is 0 Å². The number of carbonyl (C=O) groups is 2. The second-order valence-electron chi connectivity index (χ2n) is 5.94. The SMILES string of the molecule is CCOC(=O)c1cccc(OC(=O)c2ccc(OCc3ccccc3)cc2)c1. The fraction of sp³-hybridized carbons (Fsp3) is 0.130. The van der Waals surface area contributed by atoms with Crippen molar-refractivity contribution in [2.24, 2.45) is 0 Å². The first-order valence-corrected chi connectivity index (χ1v) is 8.92. The zero-order valence-electron chi connectivity index (χ0n) is 15.5. The Hall–Kier alpha value is -3.60. The zero-order valence-corrected chi connectivity index (χ0v) is 15.5. The lowest BCUT2D eigenvalue weighted by Crippen LogP contribution is -2.10. The molecule has 28 heavy (non-hydrogen) atoms. The summed E-state index contributed by atoms with van der Waals surface area (Å²) in [6.07, 6.45) is 0. The molecule has 0 saturated carbocycles. The van der Waals surface area contributed by atoms with Gasteiger partial charge in [0.1, 0.15) is 18.1 Å². The van der Waals surface area contributed by atoms with Crippen LogP contribution in [-0.4, -0.2) is 18.5 Å². The van der Waals surface area contributed by atoms with Crippen molar-refractivity contribution in [2.75, 3.05) is 6.61 Å². The van der Waals surface area contributed by atoms with Crippen LogP contribution < -0.4 is 9.47 Å². The van der Waals surface area contributed by atoms with E-state index in [-0.39, 0.29) is 12.4 Å². The molecule has 0 aliphatic heterocycles. The van der Waals surface area contributed by atoms with E-state index in [1.165, 1.54) is 6.07 Å². The van der Waals surface area contributed by atoms with Gasteiger partial charge < -0.3 is 14.2 Å². The second kappa shape index (κ2) is 9.37. The number of rotatable bonds is 7. The predicted octanol–water partition coefficient (Wildman–Crippen LogP) is 4.66. The van der Waals surface area contributed by atoms with Crippen molar-refractivity contribution in [3.05, 3.63) is 95.6 Å². The standard InChI is InChI=1S/C23H20O5/c1-2-26-22(24)19-9-6-10-21(15-19)28-23(25)18-11-13-20(14-12-18)27-16-17-7-4-3-5-8-17/h3-15H,2,16H2,1H3. The van der Waals surface area contributed by atoms with Gasteiger partial charge in [0.2, 0.25) is 0 Å². The highest BCUT2D eigenvalue weighted by Crippen LogP contribution is 2.18. The fourth-order valence-electron chi connectivity index (χ4n) is 2.50. The molecule has 0 radical (unpaired) electrons. The van der Waals surface area contributed by atoms with E-state index in [9.17, 15) is 9.59 Å². The zero-order chi connectivity index (χ0) is 19.8. The summed E-state index contributed by atoms with van der Waals surface area (Å²) in [7, 11) is 0. The highest BCUT2D eigenvalue weighted by atomic mass is 16.5. The smallest absolute Gasteiger partial charge is 0.343 e. The Balaban J connectivity index is 1.60. The Morgan fingerprint density at radius 3 is 2.21 bits per heavy atom. The molecule has 5 nitrogen and oxygen atoms in total. The van der Waals surface area contributed by atoms with Crippen molar-refractivity contribution < 1.29 is 23.8 Å². The summed E-state index contributed by atoms with van der Waals surface area (Å²) in [4.78, 5) is 24.1. The predicted molar refractivity (Wildman–Crippen MR) is 105 cm³/mol. The van der Waals surface area contributed by atoms with E-state index < -0.39 is 11.9 Å². The van der Waals surface area contributed by atoms with Crippen molar-refractivity contribution in [3.8, 4) is 11.5 Å². The normalized spacial score (nSPS) is 10.2. The maximum absolute atomic E-state index is 12.3. The number of carbonyl (C=O) groups excluding carboxylic acids is 2. The lowest BCUT2D eigenvalue weighted by molar-refractivity contribution is 0.0524. The summed E-state index contributed by atoms with van der Waals surface area (Å²) in [6.45, 7) is 2.46. The summed E-state index contributed by atoms with van der Waals surface area (Å²) < 4.78 is 16.0. The molecule has 0 aliphatic rings. The van der Waals surface area contributed by atoms with Crippen LogP contribution in [0.15, 0.2) is 78.9 Å². The quantitative estimate of drug-likeness (QED) is 0.443. The van der Waals surface area contributed by atoms with Gasteiger partial charge in [0.05, 0.1) is 17.7 Å². The maximum Gasteiger partial charge on any atom is 0.343 e. The van der Waals surface area contributed by atoms with E-state index in [1.807, 2.05) is 30.3 Å². The van der Waals surface area contributed by atoms with E-state index >= 15 is 0 Å². The van der Waals surface area contributed by atoms with Gasteiger partial charge in [-0.25, -0.2) is 9.59 Å². The summed E-state index contributed by atoms with van der Waals surface area (Å²) in [5.41, 5.74) is 1.78. The summed E-state index contributed by atoms with van der Waals surface area (Å²) in [5, 5.41) is 0. The third-order valence-corrected chi connectivity index (χ3v) is 3.89. The first kappa shape index (κ1) is 19.2. The van der Waals surface area contributed by atoms with Crippen LogP contribution in [0.1, 0.15) is 33.2 Å². The average molecular weight is 376 g/mol. The molecule has 0 N–H and O–H groups in total. The third-order valence-electron chi connectivity index (χ3n) is 3.89. The summed E-state index contributed by atoms with van der Waals surface area (Å²) in [5.74, 6) is -0.0411. The molecule has 0 saturated heterocycles.